The van der Waals surface area contributed by atoms with Crippen LogP contribution in [0.4, 0.5) is 5.69 Å². The highest BCUT2D eigenvalue weighted by atomic mass is 16.5. The van der Waals surface area contributed by atoms with Gasteiger partial charge >= 0.3 is 0 Å². The number of nitrogens with one attached hydrogen (secondary N) is 2. The predicted octanol–water partition coefficient (Wildman–Crippen LogP) is 3.28. The zero-order valence-corrected chi connectivity index (χ0v) is 18.0. The lowest BCUT2D eigenvalue weighted by molar-refractivity contribution is -0.126. The fraction of sp³-hybridized carbons (Fsp3) is 0.417. The Balaban J connectivity index is 1.39. The van der Waals surface area contributed by atoms with Crippen molar-refractivity contribution in [3.63, 3.8) is 0 Å². The van der Waals surface area contributed by atoms with Crippen LogP contribution < -0.4 is 15.4 Å². The molecule has 0 unspecified atom stereocenters. The van der Waals surface area contributed by atoms with E-state index in [9.17, 15) is 9.59 Å². The van der Waals surface area contributed by atoms with Crippen molar-refractivity contribution in [2.24, 2.45) is 5.92 Å². The van der Waals surface area contributed by atoms with Crippen LogP contribution in [-0.4, -0.2) is 43.5 Å². The molecule has 1 heterocycles. The van der Waals surface area contributed by atoms with Crippen molar-refractivity contribution in [1.29, 1.82) is 0 Å². The van der Waals surface area contributed by atoms with Gasteiger partial charge in [-0.3, -0.25) is 14.5 Å². The fourth-order valence-electron chi connectivity index (χ4n) is 3.65. The molecule has 1 saturated heterocycles. The van der Waals surface area contributed by atoms with Gasteiger partial charge in [0, 0.05) is 18.2 Å². The first kappa shape index (κ1) is 21.8. The maximum Gasteiger partial charge on any atom is 0.238 e. The Morgan fingerprint density at radius 2 is 1.73 bits per heavy atom. The van der Waals surface area contributed by atoms with Gasteiger partial charge in [-0.1, -0.05) is 18.2 Å². The van der Waals surface area contributed by atoms with Gasteiger partial charge in [-0.15, -0.1) is 0 Å². The molecule has 1 aliphatic rings. The summed E-state index contributed by atoms with van der Waals surface area (Å²) in [6, 6.07) is 13.6. The molecule has 0 bridgehead atoms. The summed E-state index contributed by atoms with van der Waals surface area (Å²) in [4.78, 5) is 27.0. The van der Waals surface area contributed by atoms with E-state index in [1.54, 1.807) is 7.11 Å². The molecule has 1 aliphatic heterocycles. The third kappa shape index (κ3) is 6.07. The van der Waals surface area contributed by atoms with E-state index >= 15 is 0 Å². The first-order valence-electron chi connectivity index (χ1n) is 10.4. The molecular weight excluding hydrogens is 378 g/mol. The quantitative estimate of drug-likeness (QED) is 0.736. The Bertz CT molecular complexity index is 872. The molecule has 2 aromatic carbocycles. The number of rotatable bonds is 7. The zero-order chi connectivity index (χ0) is 21.5. The van der Waals surface area contributed by atoms with Crippen molar-refractivity contribution in [3.8, 4) is 5.75 Å². The van der Waals surface area contributed by atoms with Crippen molar-refractivity contribution >= 4 is 17.5 Å². The number of amides is 2. The van der Waals surface area contributed by atoms with E-state index in [0.29, 0.717) is 13.1 Å². The smallest absolute Gasteiger partial charge is 0.238 e. The number of aryl methyl sites for hydroxylation is 2. The second-order valence-corrected chi connectivity index (χ2v) is 7.96. The van der Waals surface area contributed by atoms with Crippen LogP contribution >= 0.6 is 0 Å². The largest absolute Gasteiger partial charge is 0.497 e. The predicted molar refractivity (Wildman–Crippen MR) is 119 cm³/mol. The van der Waals surface area contributed by atoms with Crippen molar-refractivity contribution in [2.45, 2.75) is 33.2 Å². The van der Waals surface area contributed by atoms with Crippen LogP contribution in [-0.2, 0) is 16.1 Å². The molecule has 2 amide bonds. The number of nitrogens with zero attached hydrogens (tertiary/aromatic N) is 1. The number of methoxy groups -OCH3 is 1. The maximum atomic E-state index is 12.5. The van der Waals surface area contributed by atoms with Crippen LogP contribution in [0.5, 0.6) is 5.75 Å². The number of hydrogen-bond acceptors (Lipinski definition) is 4. The minimum atomic E-state index is -0.0133. The summed E-state index contributed by atoms with van der Waals surface area (Å²) >= 11 is 0. The number of likely N-dealkylation sites (tertiary alicyclic amines) is 1. The van der Waals surface area contributed by atoms with Crippen LogP contribution in [0.15, 0.2) is 42.5 Å². The molecule has 2 N–H and O–H groups in total. The minimum absolute atomic E-state index is 0.00214. The van der Waals surface area contributed by atoms with Gasteiger partial charge in [-0.2, -0.15) is 0 Å². The van der Waals surface area contributed by atoms with E-state index in [4.69, 9.17) is 4.74 Å². The Morgan fingerprint density at radius 1 is 1.03 bits per heavy atom. The van der Waals surface area contributed by atoms with Gasteiger partial charge < -0.3 is 15.4 Å². The first-order valence-corrected chi connectivity index (χ1v) is 10.4. The Kier molecular flexibility index (Phi) is 7.46. The van der Waals surface area contributed by atoms with E-state index in [1.807, 2.05) is 49.4 Å². The lowest BCUT2D eigenvalue weighted by atomic mass is 9.96. The average molecular weight is 410 g/mol. The zero-order valence-electron chi connectivity index (χ0n) is 18.0. The molecule has 3 rings (SSSR count). The van der Waals surface area contributed by atoms with Gasteiger partial charge in [0.15, 0.2) is 0 Å². The van der Waals surface area contributed by atoms with Crippen LogP contribution in [0.1, 0.15) is 29.5 Å². The molecule has 1 fully saturated rings. The van der Waals surface area contributed by atoms with Crippen LogP contribution in [0.3, 0.4) is 0 Å². The molecule has 0 saturated carbocycles. The van der Waals surface area contributed by atoms with Crippen LogP contribution in [0.25, 0.3) is 0 Å². The third-order valence-corrected chi connectivity index (χ3v) is 5.74. The van der Waals surface area contributed by atoms with Gasteiger partial charge in [0.05, 0.1) is 13.7 Å². The lowest BCUT2D eigenvalue weighted by Gasteiger charge is -2.30. The van der Waals surface area contributed by atoms with E-state index in [2.05, 4.69) is 22.5 Å². The van der Waals surface area contributed by atoms with Gasteiger partial charge in [0.1, 0.15) is 5.75 Å². The summed E-state index contributed by atoms with van der Waals surface area (Å²) in [7, 11) is 1.64. The van der Waals surface area contributed by atoms with Crippen molar-refractivity contribution in [1.82, 2.24) is 10.2 Å². The van der Waals surface area contributed by atoms with Crippen molar-refractivity contribution < 1.29 is 14.3 Å². The monoisotopic (exact) mass is 409 g/mol. The molecule has 0 aliphatic carbocycles. The molecule has 30 heavy (non-hydrogen) atoms. The van der Waals surface area contributed by atoms with Crippen molar-refractivity contribution in [2.75, 3.05) is 32.1 Å². The number of hydrogen-bond donors (Lipinski definition) is 2. The third-order valence-electron chi connectivity index (χ3n) is 5.74. The first-order chi connectivity index (χ1) is 14.4. The molecule has 0 spiro atoms. The van der Waals surface area contributed by atoms with Gasteiger partial charge in [-0.05, 0) is 80.7 Å². The highest BCUT2D eigenvalue weighted by molar-refractivity contribution is 5.92. The second-order valence-electron chi connectivity index (χ2n) is 7.96. The molecule has 0 atom stereocenters. The summed E-state index contributed by atoms with van der Waals surface area (Å²) in [5, 5.41) is 6.00. The SMILES string of the molecule is COc1ccc(CNC(=O)C2CCN(CC(=O)Nc3ccc(C)c(C)c3)CC2)cc1. The Hall–Kier alpha value is -2.86. The number of piperidine rings is 1. The summed E-state index contributed by atoms with van der Waals surface area (Å²) in [6.45, 7) is 6.46. The highest BCUT2D eigenvalue weighted by Crippen LogP contribution is 2.19. The normalized spacial score (nSPS) is 14.9. The number of benzene rings is 2. The molecule has 0 radical (unpaired) electrons. The number of ether oxygens (including phenoxy) is 1. The van der Waals surface area contributed by atoms with Crippen LogP contribution in [0, 0.1) is 19.8 Å². The summed E-state index contributed by atoms with van der Waals surface area (Å²) in [6.07, 6.45) is 1.54. The molecule has 0 aromatic heterocycles. The fourth-order valence-corrected chi connectivity index (χ4v) is 3.65. The summed E-state index contributed by atoms with van der Waals surface area (Å²) < 4.78 is 5.15. The number of carbonyl (C=O) groups is 2. The Morgan fingerprint density at radius 3 is 2.37 bits per heavy atom. The van der Waals surface area contributed by atoms with E-state index in [1.165, 1.54) is 5.56 Å². The molecule has 6 nitrogen and oxygen atoms in total. The van der Waals surface area contributed by atoms with Gasteiger partial charge in [-0.25, -0.2) is 0 Å². The van der Waals surface area contributed by atoms with E-state index < -0.39 is 0 Å². The molecule has 6 heteroatoms. The minimum Gasteiger partial charge on any atom is -0.497 e. The number of carbonyl (C=O) groups excluding carboxylic acids is 2. The van der Waals surface area contributed by atoms with Gasteiger partial charge in [0.25, 0.3) is 0 Å². The maximum absolute atomic E-state index is 12.5. The van der Waals surface area contributed by atoms with E-state index in [-0.39, 0.29) is 17.7 Å². The standard InChI is InChI=1S/C24H31N3O3/c1-17-4-7-21(14-18(17)2)26-23(28)16-27-12-10-20(11-13-27)24(29)25-15-19-5-8-22(30-3)9-6-19/h4-9,14,20H,10-13,15-16H2,1-3H3,(H,25,29)(H,26,28). The van der Waals surface area contributed by atoms with Crippen LogP contribution in [0.2, 0.25) is 0 Å². The summed E-state index contributed by atoms with van der Waals surface area (Å²) in [5.41, 5.74) is 4.25. The van der Waals surface area contributed by atoms with Gasteiger partial charge in [0.2, 0.25) is 11.8 Å². The topological polar surface area (TPSA) is 70.7 Å². The second kappa shape index (κ2) is 10.3. The molecule has 160 valence electrons. The highest BCUT2D eigenvalue weighted by Gasteiger charge is 2.25. The Labute approximate surface area is 178 Å². The van der Waals surface area contributed by atoms with Crippen molar-refractivity contribution in [3.05, 3.63) is 59.2 Å². The van der Waals surface area contributed by atoms with E-state index in [0.717, 1.165) is 48.5 Å². The lowest BCUT2D eigenvalue weighted by Crippen LogP contribution is -2.43. The average Bonchev–Trinajstić information content (AvgIpc) is 2.75. The number of anilines is 1. The molecule has 2 aromatic rings. The molecular formula is C24H31N3O3. The summed E-state index contributed by atoms with van der Waals surface area (Å²) in [5.74, 6) is 0.881.